The number of Topliss-reactive ketones (excluding diaryl/α,β-unsaturated/α-hetero) is 1. The number of hydrogen-bond acceptors (Lipinski definition) is 2. The molecule has 0 aliphatic heterocycles. The SMILES string of the molecule is CC(=O)CC1(O)CCC(C)(C)C1. The van der Waals surface area contributed by atoms with Crippen molar-refractivity contribution in [3.63, 3.8) is 0 Å². The first kappa shape index (κ1) is 9.72. The zero-order valence-electron chi connectivity index (χ0n) is 8.18. The predicted octanol–water partition coefficient (Wildman–Crippen LogP) is 1.91. The Hall–Kier alpha value is -0.370. The highest BCUT2D eigenvalue weighted by Gasteiger charge is 2.42. The fraction of sp³-hybridized carbons (Fsp3) is 0.900. The van der Waals surface area contributed by atoms with Gasteiger partial charge in [0.25, 0.3) is 0 Å². The van der Waals surface area contributed by atoms with Gasteiger partial charge in [-0.1, -0.05) is 13.8 Å². The number of hydrogen-bond donors (Lipinski definition) is 1. The normalized spacial score (nSPS) is 33.7. The lowest BCUT2D eigenvalue weighted by molar-refractivity contribution is -0.121. The molecule has 0 bridgehead atoms. The molecule has 2 nitrogen and oxygen atoms in total. The van der Waals surface area contributed by atoms with Crippen LogP contribution < -0.4 is 0 Å². The molecule has 1 unspecified atom stereocenters. The molecule has 0 amide bonds. The fourth-order valence-electron chi connectivity index (χ4n) is 2.25. The summed E-state index contributed by atoms with van der Waals surface area (Å²) in [6.07, 6.45) is 2.90. The second-order valence-electron chi connectivity index (χ2n) is 4.94. The van der Waals surface area contributed by atoms with Crippen LogP contribution in [0.3, 0.4) is 0 Å². The molecule has 1 atom stereocenters. The van der Waals surface area contributed by atoms with Gasteiger partial charge < -0.3 is 5.11 Å². The summed E-state index contributed by atoms with van der Waals surface area (Å²) in [5.74, 6) is 0.0928. The van der Waals surface area contributed by atoms with E-state index in [1.165, 1.54) is 0 Å². The summed E-state index contributed by atoms with van der Waals surface area (Å²) in [7, 11) is 0. The molecule has 0 aromatic carbocycles. The van der Waals surface area contributed by atoms with Crippen LogP contribution in [0.25, 0.3) is 0 Å². The molecule has 0 saturated heterocycles. The summed E-state index contributed by atoms with van der Waals surface area (Å²) >= 11 is 0. The Morgan fingerprint density at radius 2 is 2.00 bits per heavy atom. The van der Waals surface area contributed by atoms with Gasteiger partial charge in [-0.25, -0.2) is 0 Å². The molecule has 1 fully saturated rings. The summed E-state index contributed by atoms with van der Waals surface area (Å²) in [4.78, 5) is 10.9. The standard InChI is InChI=1S/C10H18O2/c1-8(11)6-10(12)5-4-9(2,3)7-10/h12H,4-7H2,1-3H3. The van der Waals surface area contributed by atoms with Crippen LogP contribution >= 0.6 is 0 Å². The first-order valence-electron chi connectivity index (χ1n) is 4.55. The van der Waals surface area contributed by atoms with Crippen molar-refractivity contribution in [3.05, 3.63) is 0 Å². The van der Waals surface area contributed by atoms with Crippen molar-refractivity contribution in [2.75, 3.05) is 0 Å². The summed E-state index contributed by atoms with van der Waals surface area (Å²) in [5, 5.41) is 9.98. The van der Waals surface area contributed by atoms with Crippen molar-refractivity contribution >= 4 is 5.78 Å². The van der Waals surface area contributed by atoms with E-state index < -0.39 is 5.60 Å². The molecule has 70 valence electrons. The van der Waals surface area contributed by atoms with Crippen LogP contribution in [0.2, 0.25) is 0 Å². The van der Waals surface area contributed by atoms with Gasteiger partial charge in [0.2, 0.25) is 0 Å². The first-order chi connectivity index (χ1) is 5.33. The zero-order valence-corrected chi connectivity index (χ0v) is 8.18. The topological polar surface area (TPSA) is 37.3 Å². The minimum absolute atomic E-state index is 0.0928. The molecule has 1 aliphatic carbocycles. The molecule has 2 heteroatoms. The van der Waals surface area contributed by atoms with Gasteiger partial charge in [0, 0.05) is 6.42 Å². The van der Waals surface area contributed by atoms with Crippen LogP contribution in [0, 0.1) is 5.41 Å². The van der Waals surface area contributed by atoms with Gasteiger partial charge in [0.15, 0.2) is 0 Å². The maximum atomic E-state index is 10.9. The van der Waals surface area contributed by atoms with Gasteiger partial charge in [-0.3, -0.25) is 4.79 Å². The largest absolute Gasteiger partial charge is 0.389 e. The van der Waals surface area contributed by atoms with Gasteiger partial charge in [-0.15, -0.1) is 0 Å². The van der Waals surface area contributed by atoms with Crippen molar-refractivity contribution in [2.45, 2.75) is 52.1 Å². The van der Waals surface area contributed by atoms with E-state index in [2.05, 4.69) is 13.8 Å². The molecule has 0 heterocycles. The highest BCUT2D eigenvalue weighted by Crippen LogP contribution is 2.45. The van der Waals surface area contributed by atoms with Crippen LogP contribution in [-0.2, 0) is 4.79 Å². The quantitative estimate of drug-likeness (QED) is 0.687. The van der Waals surface area contributed by atoms with Crippen molar-refractivity contribution in [3.8, 4) is 0 Å². The van der Waals surface area contributed by atoms with E-state index >= 15 is 0 Å². The molecule has 0 spiro atoms. The van der Waals surface area contributed by atoms with Gasteiger partial charge in [0.05, 0.1) is 5.60 Å². The lowest BCUT2D eigenvalue weighted by atomic mass is 9.87. The number of ketones is 1. The van der Waals surface area contributed by atoms with Crippen LogP contribution in [0.1, 0.15) is 46.5 Å². The second-order valence-corrected chi connectivity index (χ2v) is 4.94. The van der Waals surface area contributed by atoms with Gasteiger partial charge in [-0.2, -0.15) is 0 Å². The molecule has 12 heavy (non-hydrogen) atoms. The number of carbonyl (C=O) groups excluding carboxylic acids is 1. The van der Waals surface area contributed by atoms with Crippen molar-refractivity contribution in [2.24, 2.45) is 5.41 Å². The smallest absolute Gasteiger partial charge is 0.132 e. The summed E-state index contributed by atoms with van der Waals surface area (Å²) in [6.45, 7) is 5.83. The minimum Gasteiger partial charge on any atom is -0.389 e. The molecule has 1 aliphatic rings. The van der Waals surface area contributed by atoms with Crippen molar-refractivity contribution < 1.29 is 9.90 Å². The summed E-state index contributed by atoms with van der Waals surface area (Å²) in [5.41, 5.74) is -0.487. The third-order valence-corrected chi connectivity index (χ3v) is 2.65. The van der Waals surface area contributed by atoms with Gasteiger partial charge in [-0.05, 0) is 31.6 Å². The Kier molecular flexibility index (Phi) is 2.30. The van der Waals surface area contributed by atoms with Crippen LogP contribution in [0.5, 0.6) is 0 Å². The van der Waals surface area contributed by atoms with Crippen LogP contribution in [0.15, 0.2) is 0 Å². The lowest BCUT2D eigenvalue weighted by Crippen LogP contribution is -2.28. The summed E-state index contributed by atoms with van der Waals surface area (Å²) < 4.78 is 0. The molecule has 1 N–H and O–H groups in total. The molecular weight excluding hydrogens is 152 g/mol. The molecular formula is C10H18O2. The Morgan fingerprint density at radius 1 is 1.42 bits per heavy atom. The van der Waals surface area contributed by atoms with E-state index in [1.54, 1.807) is 6.92 Å². The average Bonchev–Trinajstić information content (AvgIpc) is 2.03. The van der Waals surface area contributed by atoms with E-state index in [4.69, 9.17) is 0 Å². The predicted molar refractivity (Wildman–Crippen MR) is 47.9 cm³/mol. The third-order valence-electron chi connectivity index (χ3n) is 2.65. The lowest BCUT2D eigenvalue weighted by Gasteiger charge is -2.23. The van der Waals surface area contributed by atoms with Gasteiger partial charge in [0.1, 0.15) is 5.78 Å². The third kappa shape index (κ3) is 2.31. The zero-order chi connectivity index (χ0) is 9.41. The molecule has 0 aromatic heterocycles. The van der Waals surface area contributed by atoms with Crippen molar-refractivity contribution in [1.29, 1.82) is 0 Å². The number of aliphatic hydroxyl groups is 1. The Labute approximate surface area is 74.0 Å². The fourth-order valence-corrected chi connectivity index (χ4v) is 2.25. The highest BCUT2D eigenvalue weighted by atomic mass is 16.3. The van der Waals surface area contributed by atoms with E-state index in [9.17, 15) is 9.90 Å². The van der Waals surface area contributed by atoms with E-state index in [0.717, 1.165) is 19.3 Å². The summed E-state index contributed by atoms with van der Waals surface area (Å²) in [6, 6.07) is 0. The first-order valence-corrected chi connectivity index (χ1v) is 4.55. The number of carbonyl (C=O) groups is 1. The number of rotatable bonds is 2. The molecule has 0 aromatic rings. The van der Waals surface area contributed by atoms with Gasteiger partial charge >= 0.3 is 0 Å². The second kappa shape index (κ2) is 2.84. The Balaban J connectivity index is 2.58. The molecule has 0 radical (unpaired) electrons. The maximum absolute atomic E-state index is 10.9. The van der Waals surface area contributed by atoms with E-state index in [-0.39, 0.29) is 11.2 Å². The van der Waals surface area contributed by atoms with Crippen molar-refractivity contribution in [1.82, 2.24) is 0 Å². The van der Waals surface area contributed by atoms with E-state index in [0.29, 0.717) is 6.42 Å². The molecule has 1 rings (SSSR count). The molecule has 1 saturated carbocycles. The van der Waals surface area contributed by atoms with Crippen LogP contribution in [-0.4, -0.2) is 16.5 Å². The monoisotopic (exact) mass is 170 g/mol. The maximum Gasteiger partial charge on any atom is 0.132 e. The minimum atomic E-state index is -0.699. The van der Waals surface area contributed by atoms with Crippen LogP contribution in [0.4, 0.5) is 0 Å². The average molecular weight is 170 g/mol. The Bertz CT molecular complexity index is 196. The van der Waals surface area contributed by atoms with E-state index in [1.807, 2.05) is 0 Å². The Morgan fingerprint density at radius 3 is 2.33 bits per heavy atom. The highest BCUT2D eigenvalue weighted by molar-refractivity contribution is 5.76.